The summed E-state index contributed by atoms with van der Waals surface area (Å²) in [4.78, 5) is 9.87. The van der Waals surface area contributed by atoms with Gasteiger partial charge < -0.3 is 5.11 Å². The van der Waals surface area contributed by atoms with Gasteiger partial charge in [0, 0.05) is 0 Å². The summed E-state index contributed by atoms with van der Waals surface area (Å²) in [6.07, 6.45) is 2.92. The summed E-state index contributed by atoms with van der Waals surface area (Å²) < 4.78 is 0. The van der Waals surface area contributed by atoms with Gasteiger partial charge in [0.25, 0.3) is 0 Å². The summed E-state index contributed by atoms with van der Waals surface area (Å²) >= 11 is 0. The van der Waals surface area contributed by atoms with Gasteiger partial charge in [-0.25, -0.2) is 0 Å². The lowest BCUT2D eigenvalue weighted by atomic mass is 9.92. The quantitative estimate of drug-likeness (QED) is 0.632. The van der Waals surface area contributed by atoms with Crippen LogP contribution in [0, 0.1) is 16.7 Å². The Balaban J connectivity index is 2.38. The van der Waals surface area contributed by atoms with E-state index in [-0.39, 0.29) is 6.54 Å². The summed E-state index contributed by atoms with van der Waals surface area (Å²) in [7, 11) is 0. The molecule has 0 spiro atoms. The Morgan fingerprint density at radius 3 is 2.82 bits per heavy atom. The first-order valence-corrected chi connectivity index (χ1v) is 4.23. The second-order valence-electron chi connectivity index (χ2n) is 3.45. The molecule has 1 aliphatic carbocycles. The van der Waals surface area contributed by atoms with Crippen LogP contribution >= 0.6 is 0 Å². The Bertz CT molecular complexity index is 138. The van der Waals surface area contributed by atoms with Gasteiger partial charge in [0.05, 0.1) is 6.10 Å². The molecule has 0 bridgehead atoms. The van der Waals surface area contributed by atoms with Crippen molar-refractivity contribution in [3.05, 3.63) is 4.91 Å². The summed E-state index contributed by atoms with van der Waals surface area (Å²) in [5.74, 6) is 0.874. The lowest BCUT2D eigenvalue weighted by Gasteiger charge is -2.19. The van der Waals surface area contributed by atoms with E-state index in [9.17, 15) is 10.0 Å². The SMILES string of the molecule is CC1CCCC1C(O)CN=O. The van der Waals surface area contributed by atoms with Crippen LogP contribution in [0.15, 0.2) is 5.18 Å². The van der Waals surface area contributed by atoms with Crippen molar-refractivity contribution in [1.29, 1.82) is 0 Å². The molecular weight excluding hydrogens is 142 g/mol. The number of hydrogen-bond donors (Lipinski definition) is 1. The zero-order valence-electron chi connectivity index (χ0n) is 6.86. The van der Waals surface area contributed by atoms with Crippen molar-refractivity contribution >= 4 is 0 Å². The third-order valence-corrected chi connectivity index (χ3v) is 2.68. The minimum absolute atomic E-state index is 0.0645. The number of rotatable bonds is 3. The van der Waals surface area contributed by atoms with Gasteiger partial charge in [-0.05, 0) is 18.3 Å². The highest BCUT2D eigenvalue weighted by atomic mass is 16.3. The molecule has 0 aromatic heterocycles. The van der Waals surface area contributed by atoms with E-state index in [0.717, 1.165) is 6.42 Å². The average Bonchev–Trinajstić information content (AvgIpc) is 2.36. The minimum Gasteiger partial charge on any atom is -0.391 e. The van der Waals surface area contributed by atoms with Crippen molar-refractivity contribution in [2.45, 2.75) is 32.3 Å². The molecule has 0 aromatic carbocycles. The fourth-order valence-corrected chi connectivity index (χ4v) is 1.96. The molecule has 0 amide bonds. The van der Waals surface area contributed by atoms with Crippen molar-refractivity contribution in [2.24, 2.45) is 17.0 Å². The van der Waals surface area contributed by atoms with Crippen LogP contribution in [0.2, 0.25) is 0 Å². The maximum atomic E-state index is 9.87. The first-order chi connectivity index (χ1) is 5.25. The highest BCUT2D eigenvalue weighted by molar-refractivity contribution is 4.80. The van der Waals surface area contributed by atoms with E-state index in [4.69, 9.17) is 0 Å². The van der Waals surface area contributed by atoms with E-state index in [0.29, 0.717) is 11.8 Å². The molecule has 3 unspecified atom stereocenters. The van der Waals surface area contributed by atoms with Gasteiger partial charge in [0.1, 0.15) is 6.54 Å². The van der Waals surface area contributed by atoms with E-state index in [2.05, 4.69) is 12.1 Å². The predicted octanol–water partition coefficient (Wildman–Crippen LogP) is 1.55. The average molecular weight is 157 g/mol. The smallest absolute Gasteiger partial charge is 0.107 e. The zero-order valence-corrected chi connectivity index (χ0v) is 6.86. The van der Waals surface area contributed by atoms with Crippen molar-refractivity contribution in [1.82, 2.24) is 0 Å². The predicted molar refractivity (Wildman–Crippen MR) is 43.2 cm³/mol. The third kappa shape index (κ3) is 1.99. The molecule has 0 saturated heterocycles. The Labute approximate surface area is 66.8 Å². The lowest BCUT2D eigenvalue weighted by Crippen LogP contribution is -2.25. The molecule has 0 aliphatic heterocycles. The van der Waals surface area contributed by atoms with E-state index in [1.165, 1.54) is 12.8 Å². The van der Waals surface area contributed by atoms with E-state index < -0.39 is 6.10 Å². The van der Waals surface area contributed by atoms with Crippen LogP contribution in [0.4, 0.5) is 0 Å². The molecule has 64 valence electrons. The number of aliphatic hydroxyl groups excluding tert-OH is 1. The number of aliphatic hydroxyl groups is 1. The van der Waals surface area contributed by atoms with Crippen molar-refractivity contribution in [3.63, 3.8) is 0 Å². The largest absolute Gasteiger partial charge is 0.391 e. The summed E-state index contributed by atoms with van der Waals surface area (Å²) in [5.41, 5.74) is 0. The van der Waals surface area contributed by atoms with Gasteiger partial charge in [-0.15, -0.1) is 0 Å². The molecule has 11 heavy (non-hydrogen) atoms. The standard InChI is InChI=1S/C8H15NO2/c1-6-3-2-4-7(6)8(10)5-9-11/h6-8,10H,2-5H2,1H3. The summed E-state index contributed by atoms with van der Waals surface area (Å²) in [6.45, 7) is 2.20. The van der Waals surface area contributed by atoms with Crippen molar-refractivity contribution < 1.29 is 5.11 Å². The topological polar surface area (TPSA) is 49.7 Å². The van der Waals surface area contributed by atoms with E-state index in [1.807, 2.05) is 0 Å². The highest BCUT2D eigenvalue weighted by Crippen LogP contribution is 2.33. The number of nitroso groups, excluding NO2 is 1. The molecule has 1 N–H and O–H groups in total. The van der Waals surface area contributed by atoms with E-state index in [1.54, 1.807) is 0 Å². The van der Waals surface area contributed by atoms with Gasteiger partial charge in [0.2, 0.25) is 0 Å². The maximum absolute atomic E-state index is 9.87. The first kappa shape index (κ1) is 8.65. The highest BCUT2D eigenvalue weighted by Gasteiger charge is 2.29. The second-order valence-corrected chi connectivity index (χ2v) is 3.45. The molecule has 1 rings (SSSR count). The van der Waals surface area contributed by atoms with Gasteiger partial charge in [-0.2, -0.15) is 4.91 Å². The van der Waals surface area contributed by atoms with Gasteiger partial charge >= 0.3 is 0 Å². The van der Waals surface area contributed by atoms with Crippen LogP contribution in [0.25, 0.3) is 0 Å². The molecule has 1 saturated carbocycles. The fourth-order valence-electron chi connectivity index (χ4n) is 1.96. The minimum atomic E-state index is -0.495. The third-order valence-electron chi connectivity index (χ3n) is 2.68. The molecule has 3 nitrogen and oxygen atoms in total. The maximum Gasteiger partial charge on any atom is 0.107 e. The second kappa shape index (κ2) is 3.81. The van der Waals surface area contributed by atoms with Gasteiger partial charge in [0.15, 0.2) is 0 Å². The van der Waals surface area contributed by atoms with Crippen LogP contribution in [-0.4, -0.2) is 17.8 Å². The van der Waals surface area contributed by atoms with E-state index >= 15 is 0 Å². The number of nitrogens with zero attached hydrogens (tertiary/aromatic N) is 1. The monoisotopic (exact) mass is 157 g/mol. The summed E-state index contributed by atoms with van der Waals surface area (Å²) in [5, 5.41) is 12.1. The number of hydrogen-bond acceptors (Lipinski definition) is 3. The Morgan fingerprint density at radius 1 is 1.64 bits per heavy atom. The van der Waals surface area contributed by atoms with Crippen molar-refractivity contribution in [2.75, 3.05) is 6.54 Å². The van der Waals surface area contributed by atoms with Crippen LogP contribution in [0.3, 0.4) is 0 Å². The van der Waals surface area contributed by atoms with Gasteiger partial charge in [-0.3, -0.25) is 0 Å². The first-order valence-electron chi connectivity index (χ1n) is 4.23. The molecule has 0 heterocycles. The molecular formula is C8H15NO2. The van der Waals surface area contributed by atoms with Crippen molar-refractivity contribution in [3.8, 4) is 0 Å². The van der Waals surface area contributed by atoms with Gasteiger partial charge in [-0.1, -0.05) is 24.9 Å². The van der Waals surface area contributed by atoms with Crippen LogP contribution in [-0.2, 0) is 0 Å². The zero-order chi connectivity index (χ0) is 8.27. The molecule has 3 heteroatoms. The molecule has 1 aliphatic rings. The fraction of sp³-hybridized carbons (Fsp3) is 1.00. The normalized spacial score (nSPS) is 33.6. The Kier molecular flexibility index (Phi) is 3.00. The molecule has 0 aromatic rings. The van der Waals surface area contributed by atoms with Crippen LogP contribution in [0.1, 0.15) is 26.2 Å². The Morgan fingerprint density at radius 2 is 2.36 bits per heavy atom. The molecule has 3 atom stereocenters. The molecule has 0 radical (unpaired) electrons. The van der Waals surface area contributed by atoms with Crippen LogP contribution in [0.5, 0.6) is 0 Å². The van der Waals surface area contributed by atoms with Crippen LogP contribution < -0.4 is 0 Å². The lowest BCUT2D eigenvalue weighted by molar-refractivity contribution is 0.0975. The molecule has 1 fully saturated rings. The summed E-state index contributed by atoms with van der Waals surface area (Å²) in [6, 6.07) is 0. The Hall–Kier alpha value is -0.440.